The zero-order valence-electron chi connectivity index (χ0n) is 17.5. The fourth-order valence-corrected chi connectivity index (χ4v) is 6.58. The Labute approximate surface area is 169 Å². The Morgan fingerprint density at radius 2 is 1.56 bits per heavy atom. The van der Waals surface area contributed by atoms with E-state index in [1.165, 1.54) is 51.4 Å². The summed E-state index contributed by atoms with van der Waals surface area (Å²) in [5.74, 6) is 1.58. The molecule has 2 saturated carbocycles. The van der Waals surface area contributed by atoms with Crippen molar-refractivity contribution in [2.24, 2.45) is 11.3 Å². The molecule has 0 aromatic carbocycles. The molecule has 1 aliphatic heterocycles. The van der Waals surface area contributed by atoms with Crippen molar-refractivity contribution in [1.29, 1.82) is 0 Å². The molecule has 0 aromatic rings. The van der Waals surface area contributed by atoms with Crippen LogP contribution < -0.4 is 5.32 Å². The first-order valence-corrected chi connectivity index (χ1v) is 12.1. The third kappa shape index (κ3) is 5.65. The number of amides is 2. The van der Waals surface area contributed by atoms with E-state index >= 15 is 0 Å². The van der Waals surface area contributed by atoms with Crippen LogP contribution in [0.1, 0.15) is 91.4 Å². The molecule has 2 unspecified atom stereocenters. The van der Waals surface area contributed by atoms with Crippen LogP contribution in [0.4, 0.5) is 0 Å². The van der Waals surface area contributed by atoms with Crippen molar-refractivity contribution in [3.05, 3.63) is 0 Å². The van der Waals surface area contributed by atoms with Crippen molar-refractivity contribution in [2.75, 3.05) is 5.75 Å². The van der Waals surface area contributed by atoms with Gasteiger partial charge in [-0.15, -0.1) is 11.8 Å². The first kappa shape index (κ1) is 21.0. The normalized spacial score (nSPS) is 28.3. The minimum Gasteiger partial charge on any atom is -0.352 e. The summed E-state index contributed by atoms with van der Waals surface area (Å²) in [4.78, 5) is 28.4. The molecule has 1 saturated heterocycles. The maximum atomic E-state index is 13.3. The maximum Gasteiger partial charge on any atom is 0.243 e. The van der Waals surface area contributed by atoms with Crippen molar-refractivity contribution in [3.63, 3.8) is 0 Å². The van der Waals surface area contributed by atoms with E-state index in [1.54, 1.807) is 0 Å². The minimum absolute atomic E-state index is 0.0498. The van der Waals surface area contributed by atoms with Crippen LogP contribution in [0.5, 0.6) is 0 Å². The fraction of sp³-hybridized carbons (Fsp3) is 0.909. The number of carbonyl (C=O) groups excluding carboxylic acids is 2. The lowest BCUT2D eigenvalue weighted by Gasteiger charge is -2.37. The van der Waals surface area contributed by atoms with Gasteiger partial charge in [0.05, 0.1) is 5.37 Å². The Morgan fingerprint density at radius 1 is 0.963 bits per heavy atom. The van der Waals surface area contributed by atoms with E-state index < -0.39 is 0 Å². The standard InChI is InChI=1S/C22H38N2O2S/c1-22(2,3)14-19(25)24-18(20(26)23-17-12-8-5-9-13-17)15-27-21(24)16-10-6-4-7-11-16/h16-18,21H,4-15H2,1-3H3,(H,23,26). The first-order chi connectivity index (χ1) is 12.8. The van der Waals surface area contributed by atoms with Crippen LogP contribution in [0.25, 0.3) is 0 Å². The molecule has 4 nitrogen and oxygen atoms in total. The van der Waals surface area contributed by atoms with Gasteiger partial charge in [0.2, 0.25) is 11.8 Å². The predicted molar refractivity (Wildman–Crippen MR) is 113 cm³/mol. The minimum atomic E-state index is -0.279. The summed E-state index contributed by atoms with van der Waals surface area (Å²) in [6.45, 7) is 6.34. The van der Waals surface area contributed by atoms with Crippen LogP contribution in [0.3, 0.4) is 0 Å². The lowest BCUT2D eigenvalue weighted by Crippen LogP contribution is -2.53. The summed E-state index contributed by atoms with van der Waals surface area (Å²) in [5.41, 5.74) is -0.0498. The third-order valence-corrected chi connectivity index (χ3v) is 7.77. The molecule has 0 spiro atoms. The molecule has 0 aromatic heterocycles. The van der Waals surface area contributed by atoms with E-state index in [0.717, 1.165) is 18.6 Å². The molecule has 1 heterocycles. The Morgan fingerprint density at radius 3 is 2.15 bits per heavy atom. The highest BCUT2D eigenvalue weighted by atomic mass is 32.2. The van der Waals surface area contributed by atoms with Crippen LogP contribution in [-0.4, -0.2) is 39.9 Å². The van der Waals surface area contributed by atoms with Crippen LogP contribution in [0.2, 0.25) is 0 Å². The van der Waals surface area contributed by atoms with E-state index in [1.807, 2.05) is 16.7 Å². The lowest BCUT2D eigenvalue weighted by molar-refractivity contribution is -0.142. The van der Waals surface area contributed by atoms with Crippen LogP contribution in [0.15, 0.2) is 0 Å². The van der Waals surface area contributed by atoms with Crippen molar-refractivity contribution < 1.29 is 9.59 Å². The van der Waals surface area contributed by atoms with Gasteiger partial charge < -0.3 is 10.2 Å². The van der Waals surface area contributed by atoms with E-state index in [4.69, 9.17) is 0 Å². The van der Waals surface area contributed by atoms with E-state index in [0.29, 0.717) is 18.4 Å². The third-order valence-electron chi connectivity index (χ3n) is 6.31. The van der Waals surface area contributed by atoms with Crippen LogP contribution >= 0.6 is 11.8 Å². The molecule has 0 bridgehead atoms. The molecule has 154 valence electrons. The van der Waals surface area contributed by atoms with Gasteiger partial charge in [0, 0.05) is 18.2 Å². The highest BCUT2D eigenvalue weighted by molar-refractivity contribution is 8.00. The number of carbonyl (C=O) groups is 2. The predicted octanol–water partition coefficient (Wildman–Crippen LogP) is 4.72. The highest BCUT2D eigenvalue weighted by Crippen LogP contribution is 2.41. The molecule has 27 heavy (non-hydrogen) atoms. The molecule has 3 aliphatic rings. The fourth-order valence-electron chi connectivity index (χ4n) is 4.92. The first-order valence-electron chi connectivity index (χ1n) is 11.1. The molecule has 0 radical (unpaired) electrons. The number of nitrogens with one attached hydrogen (secondary N) is 1. The van der Waals surface area contributed by atoms with E-state index in [9.17, 15) is 9.59 Å². The number of hydrogen-bond donors (Lipinski definition) is 1. The quantitative estimate of drug-likeness (QED) is 0.750. The topological polar surface area (TPSA) is 49.4 Å². The summed E-state index contributed by atoms with van der Waals surface area (Å²) in [6.07, 6.45) is 12.7. The average Bonchev–Trinajstić information content (AvgIpc) is 3.07. The van der Waals surface area contributed by atoms with Gasteiger partial charge in [0.15, 0.2) is 0 Å². The summed E-state index contributed by atoms with van der Waals surface area (Å²) < 4.78 is 0. The Balaban J connectivity index is 1.72. The summed E-state index contributed by atoms with van der Waals surface area (Å²) in [5, 5.41) is 3.48. The Kier molecular flexibility index (Phi) is 7.15. The van der Waals surface area contributed by atoms with Crippen LogP contribution in [0, 0.1) is 11.3 Å². The van der Waals surface area contributed by atoms with Gasteiger partial charge in [0.1, 0.15) is 6.04 Å². The molecule has 2 aliphatic carbocycles. The molecule has 2 amide bonds. The monoisotopic (exact) mass is 394 g/mol. The second-order valence-electron chi connectivity index (χ2n) is 10.0. The smallest absolute Gasteiger partial charge is 0.243 e. The SMILES string of the molecule is CC(C)(C)CC(=O)N1C(C(=O)NC2CCCCC2)CSC1C1CCCCC1. The van der Waals surface area contributed by atoms with Gasteiger partial charge in [-0.1, -0.05) is 59.3 Å². The van der Waals surface area contributed by atoms with Gasteiger partial charge in [-0.3, -0.25) is 9.59 Å². The number of thioether (sulfide) groups is 1. The molecule has 3 rings (SSSR count). The molecular formula is C22H38N2O2S. The molecular weight excluding hydrogens is 356 g/mol. The summed E-state index contributed by atoms with van der Waals surface area (Å²) in [7, 11) is 0. The van der Waals surface area contributed by atoms with Gasteiger partial charge >= 0.3 is 0 Å². The second-order valence-corrected chi connectivity index (χ2v) is 11.2. The largest absolute Gasteiger partial charge is 0.352 e. The Bertz CT molecular complexity index is 519. The van der Waals surface area contributed by atoms with Crippen molar-refractivity contribution >= 4 is 23.6 Å². The second kappa shape index (κ2) is 9.19. The van der Waals surface area contributed by atoms with Crippen LogP contribution in [-0.2, 0) is 9.59 Å². The number of rotatable bonds is 4. The lowest BCUT2D eigenvalue weighted by atomic mass is 9.87. The van der Waals surface area contributed by atoms with Crippen molar-refractivity contribution in [3.8, 4) is 0 Å². The van der Waals surface area contributed by atoms with Gasteiger partial charge in [-0.2, -0.15) is 0 Å². The maximum absolute atomic E-state index is 13.3. The van der Waals surface area contributed by atoms with Gasteiger partial charge in [-0.05, 0) is 37.0 Å². The summed E-state index contributed by atoms with van der Waals surface area (Å²) >= 11 is 1.85. The number of hydrogen-bond acceptors (Lipinski definition) is 3. The van der Waals surface area contributed by atoms with Crippen molar-refractivity contribution in [1.82, 2.24) is 10.2 Å². The number of nitrogens with zero attached hydrogens (tertiary/aromatic N) is 1. The van der Waals surface area contributed by atoms with E-state index in [2.05, 4.69) is 26.1 Å². The summed E-state index contributed by atoms with van der Waals surface area (Å²) in [6, 6.07) is 0.0308. The molecule has 2 atom stereocenters. The van der Waals surface area contributed by atoms with Gasteiger partial charge in [-0.25, -0.2) is 0 Å². The molecule has 3 fully saturated rings. The zero-order valence-corrected chi connectivity index (χ0v) is 18.3. The highest BCUT2D eigenvalue weighted by Gasteiger charge is 2.45. The molecule has 1 N–H and O–H groups in total. The van der Waals surface area contributed by atoms with E-state index in [-0.39, 0.29) is 28.6 Å². The average molecular weight is 395 g/mol. The molecule has 5 heteroatoms. The Hall–Kier alpha value is -0.710. The zero-order chi connectivity index (χ0) is 19.4. The van der Waals surface area contributed by atoms with Crippen molar-refractivity contribution in [2.45, 2.75) is 109 Å². The van der Waals surface area contributed by atoms with Gasteiger partial charge in [0.25, 0.3) is 0 Å².